The van der Waals surface area contributed by atoms with E-state index in [0.717, 1.165) is 43.2 Å². The van der Waals surface area contributed by atoms with Crippen LogP contribution in [0.4, 0.5) is 0 Å². The van der Waals surface area contributed by atoms with Crippen LogP contribution in [-0.2, 0) is 13.0 Å². The molecule has 0 radical (unpaired) electrons. The summed E-state index contributed by atoms with van der Waals surface area (Å²) in [6.45, 7) is 5.46. The molecule has 1 atom stereocenters. The lowest BCUT2D eigenvalue weighted by Gasteiger charge is -2.33. The second kappa shape index (κ2) is 8.05. The summed E-state index contributed by atoms with van der Waals surface area (Å²) in [5, 5.41) is 8.74. The molecule has 1 saturated heterocycles. The van der Waals surface area contributed by atoms with Crippen LogP contribution in [0.25, 0.3) is 0 Å². The van der Waals surface area contributed by atoms with Crippen LogP contribution in [0, 0.1) is 5.92 Å². The Bertz CT molecular complexity index is 578. The highest BCUT2D eigenvalue weighted by Gasteiger charge is 2.22. The number of rotatable bonds is 3. The fraction of sp³-hybridized carbons (Fsp3) is 0.667. The van der Waals surface area contributed by atoms with Crippen molar-refractivity contribution in [3.05, 3.63) is 29.1 Å². The summed E-state index contributed by atoms with van der Waals surface area (Å²) in [6, 6.07) is 1.86. The number of nitrogens with zero attached hydrogens (tertiary/aromatic N) is 3. The number of hydrogen-bond donors (Lipinski definition) is 2. The van der Waals surface area contributed by atoms with Gasteiger partial charge in [0.2, 0.25) is 0 Å². The average Bonchev–Trinajstić information content (AvgIpc) is 2.60. The van der Waals surface area contributed by atoms with Gasteiger partial charge in [-0.25, -0.2) is 5.48 Å². The van der Waals surface area contributed by atoms with Crippen molar-refractivity contribution >= 4 is 5.91 Å². The summed E-state index contributed by atoms with van der Waals surface area (Å²) in [4.78, 5) is 20.9. The maximum absolute atomic E-state index is 11.5. The van der Waals surface area contributed by atoms with Gasteiger partial charge in [-0.1, -0.05) is 6.42 Å². The van der Waals surface area contributed by atoms with E-state index in [4.69, 9.17) is 5.21 Å². The van der Waals surface area contributed by atoms with Gasteiger partial charge in [0.15, 0.2) is 0 Å². The third kappa shape index (κ3) is 4.32. The van der Waals surface area contributed by atoms with E-state index in [1.165, 1.54) is 38.8 Å². The molecule has 1 aromatic heterocycles. The minimum Gasteiger partial charge on any atom is -0.306 e. The van der Waals surface area contributed by atoms with E-state index in [9.17, 15) is 4.79 Å². The first-order valence-electron chi connectivity index (χ1n) is 8.99. The van der Waals surface area contributed by atoms with E-state index in [1.807, 2.05) is 6.07 Å². The monoisotopic (exact) mass is 332 g/mol. The predicted molar refractivity (Wildman–Crippen MR) is 91.9 cm³/mol. The lowest BCUT2D eigenvalue weighted by Crippen LogP contribution is -2.37. The lowest BCUT2D eigenvalue weighted by molar-refractivity contribution is 0.0705. The maximum atomic E-state index is 11.5. The smallest absolute Gasteiger partial charge is 0.276 e. The molecule has 0 aliphatic carbocycles. The molecule has 1 unspecified atom stereocenters. The highest BCUT2D eigenvalue weighted by molar-refractivity contribution is 5.93. The van der Waals surface area contributed by atoms with E-state index in [-0.39, 0.29) is 0 Å². The molecule has 1 amide bonds. The Morgan fingerprint density at radius 2 is 2.21 bits per heavy atom. The third-order valence-corrected chi connectivity index (χ3v) is 5.33. The molecule has 2 N–H and O–H groups in total. The van der Waals surface area contributed by atoms with Crippen molar-refractivity contribution in [2.45, 2.75) is 38.6 Å². The Kier molecular flexibility index (Phi) is 5.81. The number of hydrogen-bond acceptors (Lipinski definition) is 5. The van der Waals surface area contributed by atoms with Gasteiger partial charge >= 0.3 is 0 Å². The molecule has 1 fully saturated rings. The van der Waals surface area contributed by atoms with Crippen LogP contribution in [0.1, 0.15) is 47.3 Å². The van der Waals surface area contributed by atoms with Crippen molar-refractivity contribution in [1.82, 2.24) is 20.3 Å². The number of carbonyl (C=O) groups is 1. The Morgan fingerprint density at radius 1 is 1.33 bits per heavy atom. The SMILES string of the molecule is CN1CCCCC(CN2CCc3cc(C(=O)NO)cnc3C2)CC1. The molecule has 0 saturated carbocycles. The molecular weight excluding hydrogens is 304 g/mol. The maximum Gasteiger partial charge on any atom is 0.276 e. The van der Waals surface area contributed by atoms with Gasteiger partial charge in [0.05, 0.1) is 11.3 Å². The highest BCUT2D eigenvalue weighted by atomic mass is 16.5. The normalized spacial score (nSPS) is 23.2. The van der Waals surface area contributed by atoms with Crippen LogP contribution in [0.5, 0.6) is 0 Å². The van der Waals surface area contributed by atoms with Crippen LogP contribution >= 0.6 is 0 Å². The number of pyridine rings is 1. The number of fused-ring (bicyclic) bond motifs is 1. The van der Waals surface area contributed by atoms with Crippen LogP contribution in [0.3, 0.4) is 0 Å². The standard InChI is InChI=1S/C18H28N4O2/c1-21-7-3-2-4-14(5-8-21)12-22-9-6-15-10-16(18(23)20-24)11-19-17(15)13-22/h10-11,14,24H,2-9,12-13H2,1H3,(H,20,23). The molecule has 3 rings (SSSR count). The zero-order chi connectivity index (χ0) is 16.9. The summed E-state index contributed by atoms with van der Waals surface area (Å²) in [5.74, 6) is 0.278. The molecule has 6 heteroatoms. The van der Waals surface area contributed by atoms with Gasteiger partial charge in [0, 0.05) is 25.8 Å². The van der Waals surface area contributed by atoms with Crippen molar-refractivity contribution in [3.63, 3.8) is 0 Å². The number of amides is 1. The molecule has 132 valence electrons. The molecule has 6 nitrogen and oxygen atoms in total. The van der Waals surface area contributed by atoms with E-state index in [0.29, 0.717) is 5.56 Å². The molecular formula is C18H28N4O2. The van der Waals surface area contributed by atoms with Crippen molar-refractivity contribution in [2.75, 3.05) is 33.2 Å². The number of hydroxylamine groups is 1. The van der Waals surface area contributed by atoms with E-state index >= 15 is 0 Å². The number of likely N-dealkylation sites (tertiary alicyclic amines) is 1. The summed E-state index contributed by atoms with van der Waals surface area (Å²) in [7, 11) is 2.23. The Morgan fingerprint density at radius 3 is 3.04 bits per heavy atom. The highest BCUT2D eigenvalue weighted by Crippen LogP contribution is 2.23. The summed E-state index contributed by atoms with van der Waals surface area (Å²) in [5.41, 5.74) is 4.29. The first kappa shape index (κ1) is 17.3. The van der Waals surface area contributed by atoms with Crippen LogP contribution in [-0.4, -0.2) is 59.1 Å². The molecule has 0 aromatic carbocycles. The molecule has 3 heterocycles. The van der Waals surface area contributed by atoms with Gasteiger partial charge in [0.25, 0.3) is 5.91 Å². The van der Waals surface area contributed by atoms with Crippen molar-refractivity contribution in [1.29, 1.82) is 0 Å². The number of carbonyl (C=O) groups excluding carboxylic acids is 1. The molecule has 0 bridgehead atoms. The van der Waals surface area contributed by atoms with E-state index < -0.39 is 5.91 Å². The molecule has 24 heavy (non-hydrogen) atoms. The minimum atomic E-state index is -0.494. The van der Waals surface area contributed by atoms with Crippen LogP contribution in [0.2, 0.25) is 0 Å². The Balaban J connectivity index is 1.59. The van der Waals surface area contributed by atoms with Gasteiger partial charge in [-0.05, 0) is 63.4 Å². The summed E-state index contributed by atoms with van der Waals surface area (Å²) in [6.07, 6.45) is 7.73. The van der Waals surface area contributed by atoms with E-state index in [1.54, 1.807) is 11.7 Å². The van der Waals surface area contributed by atoms with Gasteiger partial charge in [-0.2, -0.15) is 0 Å². The molecule has 1 aromatic rings. The zero-order valence-corrected chi connectivity index (χ0v) is 14.5. The molecule has 2 aliphatic rings. The Labute approximate surface area is 143 Å². The van der Waals surface area contributed by atoms with Gasteiger partial charge in [-0.15, -0.1) is 0 Å². The lowest BCUT2D eigenvalue weighted by atomic mass is 9.94. The Hall–Kier alpha value is -1.50. The topological polar surface area (TPSA) is 68.7 Å². The van der Waals surface area contributed by atoms with Crippen LogP contribution < -0.4 is 5.48 Å². The van der Waals surface area contributed by atoms with Crippen molar-refractivity contribution < 1.29 is 10.0 Å². The van der Waals surface area contributed by atoms with Gasteiger partial charge in [-0.3, -0.25) is 19.9 Å². The summed E-state index contributed by atoms with van der Waals surface area (Å²) < 4.78 is 0. The predicted octanol–water partition coefficient (Wildman–Crippen LogP) is 1.68. The first-order valence-corrected chi connectivity index (χ1v) is 8.99. The second-order valence-corrected chi connectivity index (χ2v) is 7.21. The average molecular weight is 332 g/mol. The fourth-order valence-corrected chi connectivity index (χ4v) is 3.83. The van der Waals surface area contributed by atoms with Gasteiger partial charge < -0.3 is 4.90 Å². The van der Waals surface area contributed by atoms with E-state index in [2.05, 4.69) is 21.8 Å². The van der Waals surface area contributed by atoms with Crippen molar-refractivity contribution in [3.8, 4) is 0 Å². The molecule has 2 aliphatic heterocycles. The number of nitrogens with one attached hydrogen (secondary N) is 1. The quantitative estimate of drug-likeness (QED) is 0.651. The fourth-order valence-electron chi connectivity index (χ4n) is 3.83. The summed E-state index contributed by atoms with van der Waals surface area (Å²) >= 11 is 0. The second-order valence-electron chi connectivity index (χ2n) is 7.21. The largest absolute Gasteiger partial charge is 0.306 e. The number of aromatic nitrogens is 1. The van der Waals surface area contributed by atoms with Crippen LogP contribution in [0.15, 0.2) is 12.3 Å². The minimum absolute atomic E-state index is 0.424. The van der Waals surface area contributed by atoms with Gasteiger partial charge in [0.1, 0.15) is 0 Å². The van der Waals surface area contributed by atoms with Crippen molar-refractivity contribution in [2.24, 2.45) is 5.92 Å². The third-order valence-electron chi connectivity index (χ3n) is 5.33. The molecule has 0 spiro atoms. The first-order chi connectivity index (χ1) is 11.7. The zero-order valence-electron chi connectivity index (χ0n) is 14.5.